The zero-order valence-electron chi connectivity index (χ0n) is 21.7. The van der Waals surface area contributed by atoms with E-state index >= 15 is 0 Å². The quantitative estimate of drug-likeness (QED) is 0.230. The third-order valence-corrected chi connectivity index (χ3v) is 7.36. The van der Waals surface area contributed by atoms with Gasteiger partial charge in [0.2, 0.25) is 0 Å². The van der Waals surface area contributed by atoms with Gasteiger partial charge in [0.05, 0.1) is 20.3 Å². The highest BCUT2D eigenvalue weighted by Gasteiger charge is 2.40. The van der Waals surface area contributed by atoms with Crippen LogP contribution in [0.1, 0.15) is 28.4 Å². The van der Waals surface area contributed by atoms with Crippen LogP contribution in [0.5, 0.6) is 11.5 Å². The lowest BCUT2D eigenvalue weighted by molar-refractivity contribution is 0.178. The number of hydrogen-bond acceptors (Lipinski definition) is 6. The molecular formula is C31H30Br2N2O4. The van der Waals surface area contributed by atoms with Gasteiger partial charge in [0, 0.05) is 15.4 Å². The predicted molar refractivity (Wildman–Crippen MR) is 161 cm³/mol. The molecule has 0 aliphatic carbocycles. The monoisotopic (exact) mass is 652 g/mol. The molecule has 6 nitrogen and oxygen atoms in total. The SMILES string of the molecule is COc1cccc(C2(c3cccc(Br)c3)COC(N)=N2)c1.COc1cccc(CC(O)c2cccc(Br)c2)c1. The van der Waals surface area contributed by atoms with E-state index in [4.69, 9.17) is 19.9 Å². The third-order valence-electron chi connectivity index (χ3n) is 6.38. The summed E-state index contributed by atoms with van der Waals surface area (Å²) in [5.74, 6) is 1.59. The van der Waals surface area contributed by atoms with Gasteiger partial charge < -0.3 is 25.1 Å². The predicted octanol–water partition coefficient (Wildman–Crippen LogP) is 6.78. The van der Waals surface area contributed by atoms with Gasteiger partial charge >= 0.3 is 0 Å². The van der Waals surface area contributed by atoms with Crippen molar-refractivity contribution >= 4 is 37.9 Å². The van der Waals surface area contributed by atoms with E-state index in [2.05, 4.69) is 36.9 Å². The molecular weight excluding hydrogens is 624 g/mol. The lowest BCUT2D eigenvalue weighted by atomic mass is 9.84. The lowest BCUT2D eigenvalue weighted by Gasteiger charge is -2.25. The van der Waals surface area contributed by atoms with Gasteiger partial charge in [-0.2, -0.15) is 0 Å². The number of ether oxygens (including phenoxy) is 3. The number of aliphatic imine (C=N–C) groups is 1. The molecule has 1 aliphatic rings. The van der Waals surface area contributed by atoms with Crippen molar-refractivity contribution in [3.05, 3.63) is 128 Å². The number of aliphatic hydroxyl groups is 1. The average molecular weight is 654 g/mol. The number of benzene rings is 4. The number of nitrogens with zero attached hydrogens (tertiary/aromatic N) is 1. The first-order valence-corrected chi connectivity index (χ1v) is 13.9. The van der Waals surface area contributed by atoms with Crippen LogP contribution in [0.25, 0.3) is 0 Å². The molecule has 0 fully saturated rings. The molecule has 2 atom stereocenters. The zero-order chi connectivity index (χ0) is 27.8. The van der Waals surface area contributed by atoms with E-state index in [1.54, 1.807) is 14.2 Å². The van der Waals surface area contributed by atoms with Gasteiger partial charge in [-0.3, -0.25) is 0 Å². The molecule has 4 aromatic rings. The van der Waals surface area contributed by atoms with Gasteiger partial charge in [-0.1, -0.05) is 80.4 Å². The number of halogens is 2. The Hall–Kier alpha value is -3.33. The molecule has 0 saturated carbocycles. The first-order valence-electron chi connectivity index (χ1n) is 12.3. The number of methoxy groups -OCH3 is 2. The number of hydrogen-bond donors (Lipinski definition) is 2. The lowest BCUT2D eigenvalue weighted by Crippen LogP contribution is -2.27. The number of nitrogens with two attached hydrogens (primary N) is 1. The average Bonchev–Trinajstić information content (AvgIpc) is 3.36. The van der Waals surface area contributed by atoms with Crippen LogP contribution in [-0.4, -0.2) is 32.0 Å². The Balaban J connectivity index is 0.000000183. The fraction of sp³-hybridized carbons (Fsp3) is 0.194. The highest BCUT2D eigenvalue weighted by atomic mass is 79.9. The van der Waals surface area contributed by atoms with Crippen molar-refractivity contribution in [3.8, 4) is 11.5 Å². The van der Waals surface area contributed by atoms with Crippen molar-refractivity contribution in [1.82, 2.24) is 0 Å². The first-order chi connectivity index (χ1) is 18.8. The Morgan fingerprint density at radius 1 is 0.846 bits per heavy atom. The summed E-state index contributed by atoms with van der Waals surface area (Å²) in [6.07, 6.45) is 0.0720. The molecule has 1 aliphatic heterocycles. The zero-order valence-corrected chi connectivity index (χ0v) is 24.9. The maximum atomic E-state index is 10.2. The van der Waals surface area contributed by atoms with Crippen LogP contribution in [0.4, 0.5) is 0 Å². The second kappa shape index (κ2) is 13.2. The largest absolute Gasteiger partial charge is 0.497 e. The minimum atomic E-state index is -0.637. The molecule has 3 N–H and O–H groups in total. The number of rotatable bonds is 7. The van der Waals surface area contributed by atoms with E-state index in [0.717, 1.165) is 42.7 Å². The van der Waals surface area contributed by atoms with Crippen molar-refractivity contribution in [2.45, 2.75) is 18.1 Å². The second-order valence-corrected chi connectivity index (χ2v) is 10.8. The molecule has 0 spiro atoms. The molecule has 0 amide bonds. The topological polar surface area (TPSA) is 86.3 Å². The third kappa shape index (κ3) is 7.20. The number of aliphatic hydroxyl groups excluding tert-OH is 1. The Labute approximate surface area is 245 Å². The van der Waals surface area contributed by atoms with Gasteiger partial charge in [0.1, 0.15) is 18.1 Å². The fourth-order valence-electron chi connectivity index (χ4n) is 4.37. The van der Waals surface area contributed by atoms with Crippen LogP contribution < -0.4 is 15.2 Å². The van der Waals surface area contributed by atoms with E-state index in [9.17, 15) is 5.11 Å². The highest BCUT2D eigenvalue weighted by Crippen LogP contribution is 2.39. The van der Waals surface area contributed by atoms with Crippen LogP contribution in [0, 0.1) is 0 Å². The first kappa shape index (κ1) is 28.7. The van der Waals surface area contributed by atoms with Gasteiger partial charge in [-0.15, -0.1) is 0 Å². The summed E-state index contributed by atoms with van der Waals surface area (Å²) in [4.78, 5) is 4.57. The molecule has 0 bridgehead atoms. The molecule has 39 heavy (non-hydrogen) atoms. The second-order valence-electron chi connectivity index (χ2n) is 8.97. The van der Waals surface area contributed by atoms with Gasteiger partial charge in [-0.05, 0) is 70.8 Å². The molecule has 4 aromatic carbocycles. The molecule has 0 aromatic heterocycles. The van der Waals surface area contributed by atoms with Crippen molar-refractivity contribution in [1.29, 1.82) is 0 Å². The van der Waals surface area contributed by atoms with E-state index < -0.39 is 11.6 Å². The molecule has 202 valence electrons. The molecule has 0 saturated heterocycles. The van der Waals surface area contributed by atoms with E-state index in [-0.39, 0.29) is 6.02 Å². The Kier molecular flexibility index (Phi) is 9.67. The molecule has 8 heteroatoms. The van der Waals surface area contributed by atoms with Crippen molar-refractivity contribution in [2.75, 3.05) is 20.8 Å². The van der Waals surface area contributed by atoms with E-state index in [1.165, 1.54) is 0 Å². The van der Waals surface area contributed by atoms with Crippen LogP contribution >= 0.6 is 31.9 Å². The standard InChI is InChI=1S/C16H15BrN2O2.C15H15BrO2/c1-20-14-7-3-5-12(9-14)16(10-21-15(18)19-16)11-4-2-6-13(17)8-11;1-18-14-7-2-4-11(8-14)9-15(17)12-5-3-6-13(16)10-12/h2-9H,10H2,1H3,(H2,18,19);2-8,10,15,17H,9H2,1H3. The summed E-state index contributed by atoms with van der Waals surface area (Å²) in [5.41, 5.74) is 9.11. The van der Waals surface area contributed by atoms with Crippen molar-refractivity contribution < 1.29 is 19.3 Å². The molecule has 1 heterocycles. The molecule has 0 radical (unpaired) electrons. The summed E-state index contributed by atoms with van der Waals surface area (Å²) in [6.45, 7) is 0.377. The van der Waals surface area contributed by atoms with E-state index in [1.807, 2.05) is 97.1 Å². The Morgan fingerprint density at radius 3 is 2.05 bits per heavy atom. The summed E-state index contributed by atoms with van der Waals surface area (Å²) in [5, 5.41) is 10.2. The van der Waals surface area contributed by atoms with Crippen LogP contribution in [0.3, 0.4) is 0 Å². The van der Waals surface area contributed by atoms with Crippen molar-refractivity contribution in [3.63, 3.8) is 0 Å². The van der Waals surface area contributed by atoms with Gasteiger partial charge in [0.25, 0.3) is 6.02 Å². The van der Waals surface area contributed by atoms with Gasteiger partial charge in [0.15, 0.2) is 5.54 Å². The normalized spacial score (nSPS) is 16.8. The summed E-state index contributed by atoms with van der Waals surface area (Å²) < 4.78 is 17.9. The summed E-state index contributed by atoms with van der Waals surface area (Å²) in [7, 11) is 3.29. The minimum Gasteiger partial charge on any atom is -0.497 e. The van der Waals surface area contributed by atoms with Crippen LogP contribution in [0.15, 0.2) is 111 Å². The van der Waals surface area contributed by atoms with Crippen LogP contribution in [-0.2, 0) is 16.7 Å². The summed E-state index contributed by atoms with van der Waals surface area (Å²) >= 11 is 6.91. The maximum absolute atomic E-state index is 10.2. The Morgan fingerprint density at radius 2 is 1.44 bits per heavy atom. The maximum Gasteiger partial charge on any atom is 0.283 e. The number of amidine groups is 1. The highest BCUT2D eigenvalue weighted by molar-refractivity contribution is 9.10. The smallest absolute Gasteiger partial charge is 0.283 e. The molecule has 2 unspecified atom stereocenters. The Bertz CT molecular complexity index is 1450. The van der Waals surface area contributed by atoms with Crippen molar-refractivity contribution in [2.24, 2.45) is 10.7 Å². The minimum absolute atomic E-state index is 0.206. The summed E-state index contributed by atoms with van der Waals surface area (Å²) in [6, 6.07) is 31.5. The van der Waals surface area contributed by atoms with Crippen LogP contribution in [0.2, 0.25) is 0 Å². The van der Waals surface area contributed by atoms with E-state index in [0.29, 0.717) is 13.0 Å². The molecule has 5 rings (SSSR count). The fourth-order valence-corrected chi connectivity index (χ4v) is 5.19. The van der Waals surface area contributed by atoms with Gasteiger partial charge in [-0.25, -0.2) is 4.99 Å².